The van der Waals surface area contributed by atoms with E-state index in [1.165, 1.54) is 17.0 Å². The van der Waals surface area contributed by atoms with Crippen molar-refractivity contribution in [2.24, 2.45) is 5.92 Å². The molecular formula is C22H21F3N2O4. The number of halogens is 3. The lowest BCUT2D eigenvalue weighted by Crippen LogP contribution is -2.44. The first-order valence-corrected chi connectivity index (χ1v) is 9.74. The molecule has 4 rings (SSSR count). The van der Waals surface area contributed by atoms with E-state index in [1.54, 1.807) is 12.1 Å². The standard InChI is InChI=1S/C22H21F3N2O4/c1-21(2,14-6-7-17-18(10-14)31-12-30-17)26-20(29)13-8-19(28)27(11-13)16-5-3-4-15(9-16)22(23,24)25/h3-7,9-10,13H,8,11-12H2,1-2H3,(H,26,29)/t13-/m1/s1. The number of hydrogen-bond acceptors (Lipinski definition) is 4. The highest BCUT2D eigenvalue weighted by Gasteiger charge is 2.38. The number of ether oxygens (including phenoxy) is 2. The van der Waals surface area contributed by atoms with Crippen LogP contribution in [0.5, 0.6) is 11.5 Å². The Labute approximate surface area is 176 Å². The number of nitrogens with zero attached hydrogens (tertiary/aromatic N) is 1. The first-order valence-electron chi connectivity index (χ1n) is 9.74. The summed E-state index contributed by atoms with van der Waals surface area (Å²) in [5.41, 5.74) is -0.672. The van der Waals surface area contributed by atoms with Gasteiger partial charge >= 0.3 is 6.18 Å². The molecule has 0 unspecified atom stereocenters. The second kappa shape index (κ2) is 7.47. The van der Waals surface area contributed by atoms with Crippen LogP contribution in [0.25, 0.3) is 0 Å². The molecule has 31 heavy (non-hydrogen) atoms. The molecule has 164 valence electrons. The average molecular weight is 434 g/mol. The molecule has 0 spiro atoms. The first-order chi connectivity index (χ1) is 14.5. The number of alkyl halides is 3. The molecule has 2 aliphatic rings. The first kappa shape index (κ1) is 21.0. The number of carbonyl (C=O) groups excluding carboxylic acids is 2. The SMILES string of the molecule is CC(C)(NC(=O)[C@@H]1CC(=O)N(c2cccc(C(F)(F)F)c2)C1)c1ccc2c(c1)OCO2. The molecule has 1 N–H and O–H groups in total. The third-order valence-electron chi connectivity index (χ3n) is 5.51. The van der Waals surface area contributed by atoms with Gasteiger partial charge in [-0.2, -0.15) is 13.2 Å². The van der Waals surface area contributed by atoms with Crippen LogP contribution in [0.3, 0.4) is 0 Å². The summed E-state index contributed by atoms with van der Waals surface area (Å²) in [6.07, 6.45) is -4.58. The van der Waals surface area contributed by atoms with Gasteiger partial charge in [-0.25, -0.2) is 0 Å². The third-order valence-corrected chi connectivity index (χ3v) is 5.51. The minimum Gasteiger partial charge on any atom is -0.454 e. The number of anilines is 1. The zero-order chi connectivity index (χ0) is 22.4. The van der Waals surface area contributed by atoms with E-state index < -0.39 is 23.2 Å². The van der Waals surface area contributed by atoms with E-state index in [2.05, 4.69) is 5.32 Å². The quantitative estimate of drug-likeness (QED) is 0.794. The molecule has 0 aromatic heterocycles. The summed E-state index contributed by atoms with van der Waals surface area (Å²) in [5, 5.41) is 2.94. The van der Waals surface area contributed by atoms with Crippen LogP contribution in [0.4, 0.5) is 18.9 Å². The highest BCUT2D eigenvalue weighted by atomic mass is 19.4. The maximum absolute atomic E-state index is 13.0. The predicted molar refractivity (Wildman–Crippen MR) is 106 cm³/mol. The Hall–Kier alpha value is -3.23. The van der Waals surface area contributed by atoms with Crippen molar-refractivity contribution in [2.45, 2.75) is 32.0 Å². The van der Waals surface area contributed by atoms with Crippen LogP contribution in [0.15, 0.2) is 42.5 Å². The molecule has 6 nitrogen and oxygen atoms in total. The molecule has 2 aromatic rings. The van der Waals surface area contributed by atoms with E-state index in [0.717, 1.165) is 17.7 Å². The molecule has 0 aliphatic carbocycles. The van der Waals surface area contributed by atoms with E-state index in [-0.39, 0.29) is 37.3 Å². The Morgan fingerprint density at radius 1 is 1.06 bits per heavy atom. The van der Waals surface area contributed by atoms with E-state index in [4.69, 9.17) is 9.47 Å². The summed E-state index contributed by atoms with van der Waals surface area (Å²) in [4.78, 5) is 26.6. The predicted octanol–water partition coefficient (Wildman–Crippen LogP) is 3.84. The summed E-state index contributed by atoms with van der Waals surface area (Å²) in [5.74, 6) is -0.184. The number of amides is 2. The number of benzene rings is 2. The topological polar surface area (TPSA) is 67.9 Å². The fraction of sp³-hybridized carbons (Fsp3) is 0.364. The largest absolute Gasteiger partial charge is 0.454 e. The van der Waals surface area contributed by atoms with Gasteiger partial charge < -0.3 is 19.7 Å². The van der Waals surface area contributed by atoms with Gasteiger partial charge in [0.15, 0.2) is 11.5 Å². The van der Waals surface area contributed by atoms with Gasteiger partial charge in [-0.15, -0.1) is 0 Å². The van der Waals surface area contributed by atoms with Gasteiger partial charge in [0.25, 0.3) is 0 Å². The molecule has 1 fully saturated rings. The maximum atomic E-state index is 13.0. The van der Waals surface area contributed by atoms with Crippen molar-refractivity contribution in [3.05, 3.63) is 53.6 Å². The lowest BCUT2D eigenvalue weighted by atomic mass is 9.92. The number of rotatable bonds is 4. The van der Waals surface area contributed by atoms with Crippen LogP contribution in [-0.4, -0.2) is 25.2 Å². The average Bonchev–Trinajstić information content (AvgIpc) is 3.33. The van der Waals surface area contributed by atoms with Gasteiger partial charge in [0, 0.05) is 18.7 Å². The number of nitrogens with one attached hydrogen (secondary N) is 1. The number of hydrogen-bond donors (Lipinski definition) is 1. The monoisotopic (exact) mass is 434 g/mol. The molecule has 2 amide bonds. The smallest absolute Gasteiger partial charge is 0.416 e. The summed E-state index contributed by atoms with van der Waals surface area (Å²) in [6, 6.07) is 9.93. The minimum absolute atomic E-state index is 0.0171. The Morgan fingerprint density at radius 3 is 2.55 bits per heavy atom. The van der Waals surface area contributed by atoms with Crippen molar-refractivity contribution >= 4 is 17.5 Å². The van der Waals surface area contributed by atoms with Crippen LogP contribution < -0.4 is 19.7 Å². The minimum atomic E-state index is -4.51. The molecule has 0 saturated carbocycles. The van der Waals surface area contributed by atoms with E-state index in [1.807, 2.05) is 19.9 Å². The molecule has 1 atom stereocenters. The molecule has 0 bridgehead atoms. The van der Waals surface area contributed by atoms with Crippen LogP contribution in [0, 0.1) is 5.92 Å². The summed E-state index contributed by atoms with van der Waals surface area (Å²) in [6.45, 7) is 3.80. The lowest BCUT2D eigenvalue weighted by molar-refractivity contribution is -0.137. The van der Waals surface area contributed by atoms with E-state index in [0.29, 0.717) is 11.5 Å². The summed E-state index contributed by atoms with van der Waals surface area (Å²) < 4.78 is 49.7. The Balaban J connectivity index is 1.47. The zero-order valence-corrected chi connectivity index (χ0v) is 17.0. The molecular weight excluding hydrogens is 413 g/mol. The molecule has 2 heterocycles. The van der Waals surface area contributed by atoms with Crippen molar-refractivity contribution in [1.82, 2.24) is 5.32 Å². The Bertz CT molecular complexity index is 1040. The van der Waals surface area contributed by atoms with Gasteiger partial charge in [0.2, 0.25) is 18.6 Å². The number of carbonyl (C=O) groups is 2. The van der Waals surface area contributed by atoms with Crippen LogP contribution in [-0.2, 0) is 21.3 Å². The fourth-order valence-corrected chi connectivity index (χ4v) is 3.75. The third kappa shape index (κ3) is 4.17. The second-order valence-electron chi connectivity index (χ2n) is 8.14. The summed E-state index contributed by atoms with van der Waals surface area (Å²) >= 11 is 0. The van der Waals surface area contributed by atoms with Crippen LogP contribution in [0.1, 0.15) is 31.4 Å². The lowest BCUT2D eigenvalue weighted by Gasteiger charge is -2.28. The van der Waals surface area contributed by atoms with Gasteiger partial charge in [0.05, 0.1) is 17.0 Å². The summed E-state index contributed by atoms with van der Waals surface area (Å²) in [7, 11) is 0. The maximum Gasteiger partial charge on any atom is 0.416 e. The Kier molecular flexibility index (Phi) is 5.07. The molecule has 1 saturated heterocycles. The van der Waals surface area contributed by atoms with Crippen molar-refractivity contribution in [3.63, 3.8) is 0 Å². The van der Waals surface area contributed by atoms with E-state index >= 15 is 0 Å². The number of fused-ring (bicyclic) bond motifs is 1. The van der Waals surface area contributed by atoms with Gasteiger partial charge in [-0.3, -0.25) is 9.59 Å². The van der Waals surface area contributed by atoms with Gasteiger partial charge in [-0.05, 0) is 49.7 Å². The van der Waals surface area contributed by atoms with Crippen LogP contribution >= 0.6 is 0 Å². The molecule has 0 radical (unpaired) electrons. The highest BCUT2D eigenvalue weighted by Crippen LogP contribution is 2.36. The normalized spacial score (nSPS) is 18.4. The van der Waals surface area contributed by atoms with E-state index in [9.17, 15) is 22.8 Å². The van der Waals surface area contributed by atoms with Crippen molar-refractivity contribution in [2.75, 3.05) is 18.2 Å². The molecule has 2 aliphatic heterocycles. The molecule has 2 aromatic carbocycles. The van der Waals surface area contributed by atoms with Gasteiger partial charge in [0.1, 0.15) is 0 Å². The van der Waals surface area contributed by atoms with Crippen molar-refractivity contribution in [1.29, 1.82) is 0 Å². The Morgan fingerprint density at radius 2 is 1.81 bits per heavy atom. The second-order valence-corrected chi connectivity index (χ2v) is 8.14. The molecule has 9 heteroatoms. The highest BCUT2D eigenvalue weighted by molar-refractivity contribution is 6.00. The van der Waals surface area contributed by atoms with Crippen molar-refractivity contribution < 1.29 is 32.2 Å². The van der Waals surface area contributed by atoms with Crippen molar-refractivity contribution in [3.8, 4) is 11.5 Å². The zero-order valence-electron chi connectivity index (χ0n) is 17.0. The van der Waals surface area contributed by atoms with Crippen LogP contribution in [0.2, 0.25) is 0 Å². The van der Waals surface area contributed by atoms with Gasteiger partial charge in [-0.1, -0.05) is 12.1 Å². The fourth-order valence-electron chi connectivity index (χ4n) is 3.75.